The predicted molar refractivity (Wildman–Crippen MR) is 74.9 cm³/mol. The maximum absolute atomic E-state index is 10.1. The van der Waals surface area contributed by atoms with Crippen LogP contribution in [0.4, 0.5) is 0 Å². The Kier molecular flexibility index (Phi) is 14.9. The van der Waals surface area contributed by atoms with Gasteiger partial charge in [0, 0.05) is 18.9 Å². The zero-order chi connectivity index (χ0) is 12.9. The number of hydrogen-bond acceptors (Lipinski definition) is 4. The maximum atomic E-state index is 10.1. The van der Waals surface area contributed by atoms with Crippen LogP contribution in [0.1, 0.15) is 25.7 Å². The Morgan fingerprint density at radius 3 is 2.28 bits per heavy atom. The van der Waals surface area contributed by atoms with Crippen molar-refractivity contribution in [3.05, 3.63) is 0 Å². The lowest BCUT2D eigenvalue weighted by molar-refractivity contribution is -0.111. The van der Waals surface area contributed by atoms with Gasteiger partial charge >= 0.3 is 0 Å². The number of nitrogens with one attached hydrogen (secondary N) is 1. The first kappa shape index (κ1) is 19.2. The molecule has 0 amide bonds. The largest absolute Gasteiger partial charge is 0.370 e. The minimum absolute atomic E-state index is 0. The topological polar surface area (TPSA) is 111 Å². The summed E-state index contributed by atoms with van der Waals surface area (Å²) in [5.74, 6) is 0.428. The molecule has 0 aromatic rings. The molecule has 1 saturated heterocycles. The first-order valence-electron chi connectivity index (χ1n) is 5.85. The molecule has 0 bridgehead atoms. The Morgan fingerprint density at radius 1 is 1.28 bits per heavy atom. The molecule has 1 aliphatic rings. The van der Waals surface area contributed by atoms with Gasteiger partial charge in [-0.15, -0.1) is 12.4 Å². The number of rotatable bonds is 5. The Hall–Kier alpha value is -1.14. The highest BCUT2D eigenvalue weighted by Crippen LogP contribution is 2.06. The third-order valence-corrected chi connectivity index (χ3v) is 2.35. The van der Waals surface area contributed by atoms with Gasteiger partial charge in [-0.1, -0.05) is 0 Å². The van der Waals surface area contributed by atoms with E-state index in [0.29, 0.717) is 18.9 Å². The molecule has 18 heavy (non-hydrogen) atoms. The van der Waals surface area contributed by atoms with Gasteiger partial charge < -0.3 is 26.4 Å². The smallest absolute Gasteiger partial charge is 0.185 e. The zero-order valence-corrected chi connectivity index (χ0v) is 11.3. The van der Waals surface area contributed by atoms with Crippen LogP contribution in [0, 0.1) is 5.92 Å². The molecule has 0 aliphatic carbocycles. The quantitative estimate of drug-likeness (QED) is 0.280. The van der Waals surface area contributed by atoms with Crippen LogP contribution in [0.15, 0.2) is 4.99 Å². The monoisotopic (exact) mass is 278 g/mol. The van der Waals surface area contributed by atoms with Crippen molar-refractivity contribution in [3.63, 3.8) is 0 Å². The highest BCUT2D eigenvalue weighted by Gasteiger charge is 2.09. The fourth-order valence-electron chi connectivity index (χ4n) is 1.36. The highest BCUT2D eigenvalue weighted by atomic mass is 35.5. The number of unbranched alkanes of at least 4 members (excludes halogenated alkanes) is 1. The first-order chi connectivity index (χ1) is 8.20. The van der Waals surface area contributed by atoms with E-state index in [2.05, 4.69) is 10.3 Å². The van der Waals surface area contributed by atoms with E-state index >= 15 is 0 Å². The molecule has 106 valence electrons. The molecule has 0 saturated carbocycles. The van der Waals surface area contributed by atoms with Crippen LogP contribution in [-0.4, -0.2) is 38.2 Å². The van der Waals surface area contributed by atoms with E-state index in [-0.39, 0.29) is 18.4 Å². The molecule has 1 aliphatic heterocycles. The summed E-state index contributed by atoms with van der Waals surface area (Å²) < 4.78 is 0. The summed E-state index contributed by atoms with van der Waals surface area (Å²) in [7, 11) is 0. The Balaban J connectivity index is 0. The third-order valence-electron chi connectivity index (χ3n) is 2.35. The fraction of sp³-hybridized carbons (Fsp3) is 0.727. The summed E-state index contributed by atoms with van der Waals surface area (Å²) >= 11 is 0. The van der Waals surface area contributed by atoms with Crippen molar-refractivity contribution < 1.29 is 9.59 Å². The van der Waals surface area contributed by atoms with Gasteiger partial charge in [-0.3, -0.25) is 4.99 Å². The molecule has 0 aromatic carbocycles. The van der Waals surface area contributed by atoms with Crippen molar-refractivity contribution in [2.24, 2.45) is 22.4 Å². The van der Waals surface area contributed by atoms with Gasteiger partial charge in [-0.2, -0.15) is 0 Å². The number of guanidine groups is 1. The molecule has 7 heteroatoms. The van der Waals surface area contributed by atoms with E-state index in [9.17, 15) is 9.59 Å². The van der Waals surface area contributed by atoms with Crippen molar-refractivity contribution >= 4 is 30.9 Å². The molecule has 0 spiro atoms. The van der Waals surface area contributed by atoms with Crippen LogP contribution in [0.5, 0.6) is 0 Å². The van der Waals surface area contributed by atoms with Crippen LogP contribution in [0.3, 0.4) is 0 Å². The molecule has 0 atom stereocenters. The average molecular weight is 279 g/mol. The van der Waals surface area contributed by atoms with E-state index in [0.717, 1.165) is 44.9 Å². The van der Waals surface area contributed by atoms with Crippen molar-refractivity contribution in [3.8, 4) is 0 Å². The summed E-state index contributed by atoms with van der Waals surface area (Å²) in [6, 6.07) is 0. The fourth-order valence-corrected chi connectivity index (χ4v) is 1.36. The van der Waals surface area contributed by atoms with Crippen molar-refractivity contribution in [1.82, 2.24) is 5.32 Å². The summed E-state index contributed by atoms with van der Waals surface area (Å²) in [5, 5.41) is 3.19. The van der Waals surface area contributed by atoms with Gasteiger partial charge in [0.1, 0.15) is 12.6 Å². The maximum Gasteiger partial charge on any atom is 0.185 e. The van der Waals surface area contributed by atoms with Crippen LogP contribution in [-0.2, 0) is 9.59 Å². The molecule has 0 unspecified atom stereocenters. The molecule has 1 heterocycles. The summed E-state index contributed by atoms with van der Waals surface area (Å²) in [6.45, 7) is 2.58. The van der Waals surface area contributed by atoms with Crippen molar-refractivity contribution in [1.29, 1.82) is 0 Å². The van der Waals surface area contributed by atoms with E-state index in [1.807, 2.05) is 0 Å². The van der Waals surface area contributed by atoms with Crippen molar-refractivity contribution in [2.75, 3.05) is 19.6 Å². The minimum Gasteiger partial charge on any atom is -0.370 e. The molecule has 6 nitrogen and oxygen atoms in total. The number of halogens is 1. The number of hydrogen-bond donors (Lipinski definition) is 3. The van der Waals surface area contributed by atoms with Crippen LogP contribution < -0.4 is 16.8 Å². The highest BCUT2D eigenvalue weighted by molar-refractivity contribution is 5.85. The predicted octanol–water partition coefficient (Wildman–Crippen LogP) is -0.154. The Labute approximate surface area is 114 Å². The number of piperidine rings is 1. The van der Waals surface area contributed by atoms with E-state index in [1.165, 1.54) is 0 Å². The van der Waals surface area contributed by atoms with Crippen LogP contribution >= 0.6 is 12.4 Å². The van der Waals surface area contributed by atoms with Gasteiger partial charge in [-0.05, 0) is 32.4 Å². The second kappa shape index (κ2) is 13.9. The normalized spacial score (nSPS) is 14.4. The lowest BCUT2D eigenvalue weighted by Gasteiger charge is -2.16. The number of carbonyl (C=O) groups excluding carboxylic acids is 2. The SMILES string of the molecule is Cl.NC(N)=NCCCC=O.O=CC1CCNCC1. The van der Waals surface area contributed by atoms with Gasteiger partial charge in [-0.25, -0.2) is 0 Å². The lowest BCUT2D eigenvalue weighted by Crippen LogP contribution is -2.28. The molecular formula is C11H23ClN4O2. The molecule has 5 N–H and O–H groups in total. The summed E-state index contributed by atoms with van der Waals surface area (Å²) in [5.41, 5.74) is 10.0. The number of carbonyl (C=O) groups is 2. The average Bonchev–Trinajstić information content (AvgIpc) is 2.36. The zero-order valence-electron chi connectivity index (χ0n) is 10.5. The van der Waals surface area contributed by atoms with E-state index in [4.69, 9.17) is 11.5 Å². The number of aliphatic imine (C=N–C) groups is 1. The van der Waals surface area contributed by atoms with Gasteiger partial charge in [0.05, 0.1) is 0 Å². The molecule has 0 aromatic heterocycles. The molecule has 0 radical (unpaired) electrons. The third kappa shape index (κ3) is 12.9. The standard InChI is InChI=1S/C6H11NO.C5H11N3O.ClH/c8-5-6-1-3-7-4-2-6;6-5(7)8-3-1-2-4-9;/h5-7H,1-4H2;4H,1-3H2,(H4,6,7,8);1H. The number of aldehydes is 2. The molecule has 1 fully saturated rings. The van der Waals surface area contributed by atoms with E-state index in [1.54, 1.807) is 0 Å². The van der Waals surface area contributed by atoms with Crippen molar-refractivity contribution in [2.45, 2.75) is 25.7 Å². The second-order valence-electron chi connectivity index (χ2n) is 3.84. The van der Waals surface area contributed by atoms with Crippen LogP contribution in [0.2, 0.25) is 0 Å². The van der Waals surface area contributed by atoms with Crippen LogP contribution in [0.25, 0.3) is 0 Å². The van der Waals surface area contributed by atoms with Gasteiger partial charge in [0.25, 0.3) is 0 Å². The Bertz CT molecular complexity index is 239. The summed E-state index contributed by atoms with van der Waals surface area (Å²) in [6.07, 6.45) is 5.23. The Morgan fingerprint density at radius 2 is 1.89 bits per heavy atom. The lowest BCUT2D eigenvalue weighted by atomic mass is 10.0. The first-order valence-corrected chi connectivity index (χ1v) is 5.85. The molecule has 1 rings (SSSR count). The molecular weight excluding hydrogens is 256 g/mol. The number of nitrogens with two attached hydrogens (primary N) is 2. The number of nitrogens with zero attached hydrogens (tertiary/aromatic N) is 1. The summed E-state index contributed by atoms with van der Waals surface area (Å²) in [4.78, 5) is 23.5. The van der Waals surface area contributed by atoms with E-state index < -0.39 is 0 Å². The second-order valence-corrected chi connectivity index (χ2v) is 3.84. The van der Waals surface area contributed by atoms with Gasteiger partial charge in [0.15, 0.2) is 5.96 Å². The minimum atomic E-state index is 0. The van der Waals surface area contributed by atoms with Gasteiger partial charge in [0.2, 0.25) is 0 Å².